The highest BCUT2D eigenvalue weighted by molar-refractivity contribution is 7.86. The molecule has 266 valence electrons. The summed E-state index contributed by atoms with van der Waals surface area (Å²) in [6.45, 7) is 2.85. The number of phenolic OH excluding ortho intramolecular Hbond substituents is 1. The lowest BCUT2D eigenvalue weighted by Crippen LogP contribution is -2.22. The molecule has 3 rings (SSSR count). The van der Waals surface area contributed by atoms with Gasteiger partial charge in [-0.25, -0.2) is 8.42 Å². The Hall–Kier alpha value is -3.19. The Morgan fingerprint density at radius 2 is 1.25 bits per heavy atom. The van der Waals surface area contributed by atoms with E-state index in [0.717, 1.165) is 31.4 Å². The van der Waals surface area contributed by atoms with Crippen LogP contribution >= 0.6 is 0 Å². The zero-order chi connectivity index (χ0) is 35.2. The van der Waals surface area contributed by atoms with Gasteiger partial charge in [0.1, 0.15) is 15.9 Å². The van der Waals surface area contributed by atoms with Crippen LogP contribution in [-0.2, 0) is 20.2 Å². The fourth-order valence-corrected chi connectivity index (χ4v) is 7.24. The Bertz CT molecular complexity index is 1710. The van der Waals surface area contributed by atoms with E-state index in [2.05, 4.69) is 12.2 Å². The van der Waals surface area contributed by atoms with Crippen molar-refractivity contribution in [3.8, 4) is 5.75 Å². The number of phenols is 1. The van der Waals surface area contributed by atoms with Crippen LogP contribution in [0.1, 0.15) is 120 Å². The molecule has 0 radical (unpaired) electrons. The molecule has 0 aromatic heterocycles. The maximum atomic E-state index is 13.4. The lowest BCUT2D eigenvalue weighted by atomic mass is 10.0. The van der Waals surface area contributed by atoms with Gasteiger partial charge in [-0.3, -0.25) is 9.35 Å². The summed E-state index contributed by atoms with van der Waals surface area (Å²) in [5.74, 6) is -1.50. The number of carbonyl (C=O) groups excluding carboxylic acids is 1. The summed E-state index contributed by atoms with van der Waals surface area (Å²) in [7, 11) is -7.84. The van der Waals surface area contributed by atoms with Crippen molar-refractivity contribution < 1.29 is 35.8 Å². The second-order valence-electron chi connectivity index (χ2n) is 12.6. The second-order valence-corrected chi connectivity index (χ2v) is 15.4. The van der Waals surface area contributed by atoms with Gasteiger partial charge in [0.15, 0.2) is 0 Å². The SMILES string of the molecule is CCCCCCCCCCCCCCCCCCN(C)c1ccc(S(=O)(=O)O)cc1NC(=O)c1cc(S(=O)(=O)[O-])c2ccccc2c1O. The van der Waals surface area contributed by atoms with E-state index in [1.807, 2.05) is 4.90 Å². The fraction of sp³-hybridized carbons (Fsp3) is 0.528. The van der Waals surface area contributed by atoms with Crippen molar-refractivity contribution in [3.63, 3.8) is 0 Å². The Morgan fingerprint density at radius 1 is 0.750 bits per heavy atom. The number of fused-ring (bicyclic) bond motifs is 1. The van der Waals surface area contributed by atoms with Gasteiger partial charge in [0.25, 0.3) is 16.0 Å². The van der Waals surface area contributed by atoms with Crippen molar-refractivity contribution in [2.75, 3.05) is 23.8 Å². The monoisotopic (exact) mass is 703 g/mol. The second kappa shape index (κ2) is 19.1. The minimum absolute atomic E-state index is 0.00731. The van der Waals surface area contributed by atoms with Crippen LogP contribution in [0.15, 0.2) is 58.3 Å². The summed E-state index contributed by atoms with van der Waals surface area (Å²) in [5, 5.41) is 13.4. The number of carbonyl (C=O) groups is 1. The van der Waals surface area contributed by atoms with Gasteiger partial charge in [0, 0.05) is 24.4 Å². The number of benzene rings is 3. The predicted octanol–water partition coefficient (Wildman–Crippen LogP) is 8.65. The van der Waals surface area contributed by atoms with Crippen LogP contribution in [0.5, 0.6) is 5.75 Å². The van der Waals surface area contributed by atoms with Gasteiger partial charge in [-0.1, -0.05) is 128 Å². The van der Waals surface area contributed by atoms with Crippen LogP contribution in [0.2, 0.25) is 0 Å². The minimum atomic E-state index is -5.01. The summed E-state index contributed by atoms with van der Waals surface area (Å²) < 4.78 is 69.5. The maximum absolute atomic E-state index is 13.4. The molecule has 48 heavy (non-hydrogen) atoms. The highest BCUT2D eigenvalue weighted by Gasteiger charge is 2.22. The normalized spacial score (nSPS) is 12.0. The van der Waals surface area contributed by atoms with Crippen LogP contribution in [0.3, 0.4) is 0 Å². The molecule has 0 bridgehead atoms. The van der Waals surface area contributed by atoms with E-state index in [4.69, 9.17) is 0 Å². The molecule has 0 unspecified atom stereocenters. The highest BCUT2D eigenvalue weighted by Crippen LogP contribution is 2.36. The van der Waals surface area contributed by atoms with Crippen LogP contribution in [0, 0.1) is 0 Å². The smallest absolute Gasteiger partial charge is 0.294 e. The summed E-state index contributed by atoms with van der Waals surface area (Å²) in [6.07, 6.45) is 20.0. The Balaban J connectivity index is 1.55. The van der Waals surface area contributed by atoms with Gasteiger partial charge in [-0.05, 0) is 30.7 Å². The topological polar surface area (TPSA) is 164 Å². The third kappa shape index (κ3) is 12.0. The molecular formula is C36H51N2O8S2-. The van der Waals surface area contributed by atoms with E-state index in [1.54, 1.807) is 7.05 Å². The van der Waals surface area contributed by atoms with Crippen LogP contribution < -0.4 is 10.2 Å². The standard InChI is InChI=1S/C36H52N2O8S2/c1-3-4-5-6-7-8-9-10-11-12-13-14-15-16-17-20-25-38(2)33-24-23-28(47(41,42)43)26-32(33)37-36(40)31-27-34(48(44,45)46)29-21-18-19-22-30(29)35(31)39/h18-19,21-24,26-27,39H,3-17,20,25H2,1-2H3,(H,37,40)(H,41,42,43)(H,44,45,46)/p-1. The molecule has 3 N–H and O–H groups in total. The predicted molar refractivity (Wildman–Crippen MR) is 191 cm³/mol. The van der Waals surface area contributed by atoms with Gasteiger partial charge in [0.05, 0.1) is 26.7 Å². The van der Waals surface area contributed by atoms with Crippen LogP contribution in [-0.4, -0.2) is 50.5 Å². The molecule has 12 heteroatoms. The first kappa shape index (κ1) is 39.3. The first-order chi connectivity index (χ1) is 22.8. The van der Waals surface area contributed by atoms with Crippen molar-refractivity contribution in [1.29, 1.82) is 0 Å². The maximum Gasteiger partial charge on any atom is 0.294 e. The molecule has 0 spiro atoms. The summed E-state index contributed by atoms with van der Waals surface area (Å²) in [4.78, 5) is 14.1. The van der Waals surface area contributed by atoms with Crippen molar-refractivity contribution in [1.82, 2.24) is 0 Å². The number of amides is 1. The molecule has 0 fully saturated rings. The first-order valence-corrected chi connectivity index (χ1v) is 20.0. The van der Waals surface area contributed by atoms with E-state index >= 15 is 0 Å². The molecule has 3 aromatic rings. The fourth-order valence-electron chi connectivity index (χ4n) is 6.02. The molecule has 0 aliphatic heterocycles. The van der Waals surface area contributed by atoms with Gasteiger partial charge in [0.2, 0.25) is 0 Å². The minimum Gasteiger partial charge on any atom is -0.744 e. The third-order valence-electron chi connectivity index (χ3n) is 8.76. The highest BCUT2D eigenvalue weighted by atomic mass is 32.2. The van der Waals surface area contributed by atoms with Crippen molar-refractivity contribution in [2.24, 2.45) is 0 Å². The van der Waals surface area contributed by atoms with E-state index < -0.39 is 47.2 Å². The average Bonchev–Trinajstić information content (AvgIpc) is 3.03. The molecule has 3 aromatic carbocycles. The molecule has 0 saturated carbocycles. The van der Waals surface area contributed by atoms with Gasteiger partial charge in [-0.15, -0.1) is 0 Å². The van der Waals surface area contributed by atoms with Crippen molar-refractivity contribution in [3.05, 3.63) is 54.1 Å². The quantitative estimate of drug-likeness (QED) is 0.0686. The lowest BCUT2D eigenvalue weighted by molar-refractivity contribution is 0.102. The number of hydrogen-bond donors (Lipinski definition) is 3. The number of nitrogens with one attached hydrogen (secondary N) is 1. The molecule has 0 saturated heterocycles. The molecule has 0 aliphatic rings. The Labute approximate surface area is 286 Å². The Kier molecular flexibility index (Phi) is 15.6. The van der Waals surface area contributed by atoms with Crippen LogP contribution in [0.25, 0.3) is 10.8 Å². The van der Waals surface area contributed by atoms with Crippen molar-refractivity contribution in [2.45, 2.75) is 119 Å². The van der Waals surface area contributed by atoms with E-state index in [-0.39, 0.29) is 16.5 Å². The molecule has 0 atom stereocenters. The molecule has 0 aliphatic carbocycles. The molecule has 10 nitrogen and oxygen atoms in total. The van der Waals surface area contributed by atoms with Crippen molar-refractivity contribution >= 4 is 48.3 Å². The molecule has 0 heterocycles. The summed E-state index contributed by atoms with van der Waals surface area (Å²) >= 11 is 0. The zero-order valence-corrected chi connectivity index (χ0v) is 29.9. The van der Waals surface area contributed by atoms with E-state index in [9.17, 15) is 35.8 Å². The van der Waals surface area contributed by atoms with E-state index in [0.29, 0.717) is 12.2 Å². The number of hydrogen-bond acceptors (Lipinski definition) is 8. The first-order valence-electron chi connectivity index (χ1n) is 17.2. The van der Waals surface area contributed by atoms with Gasteiger partial charge >= 0.3 is 0 Å². The Morgan fingerprint density at radius 3 is 1.75 bits per heavy atom. The summed E-state index contributed by atoms with van der Waals surface area (Å²) in [6, 6.07) is 10.3. The number of nitrogens with zero attached hydrogens (tertiary/aromatic N) is 1. The zero-order valence-electron chi connectivity index (χ0n) is 28.2. The van der Waals surface area contributed by atoms with E-state index in [1.165, 1.54) is 120 Å². The summed E-state index contributed by atoms with van der Waals surface area (Å²) in [5.41, 5.74) is -0.00587. The average molecular weight is 704 g/mol. The number of aromatic hydroxyl groups is 1. The number of unbranched alkanes of at least 4 members (excludes halogenated alkanes) is 15. The largest absolute Gasteiger partial charge is 0.744 e. The van der Waals surface area contributed by atoms with Crippen LogP contribution in [0.4, 0.5) is 11.4 Å². The lowest BCUT2D eigenvalue weighted by Gasteiger charge is -2.23. The number of anilines is 2. The van der Waals surface area contributed by atoms with Gasteiger partial charge < -0.3 is 19.9 Å². The van der Waals surface area contributed by atoms with Gasteiger partial charge in [-0.2, -0.15) is 8.42 Å². The molecule has 1 amide bonds. The molecular weight excluding hydrogens is 653 g/mol. The number of rotatable bonds is 22. The third-order valence-corrected chi connectivity index (χ3v) is 10.5.